The minimum atomic E-state index is -3.43. The Morgan fingerprint density at radius 2 is 1.94 bits per heavy atom. The molecule has 0 amide bonds. The molecular weight excluding hydrogens is 436 g/mol. The minimum absolute atomic E-state index is 0.361. The van der Waals surface area contributed by atoms with E-state index < -0.39 is 10.0 Å². The molecule has 1 fully saturated rings. The number of rotatable bonds is 5. The van der Waals surface area contributed by atoms with Gasteiger partial charge in [0, 0.05) is 30.3 Å². The third kappa shape index (κ3) is 4.74. The van der Waals surface area contributed by atoms with Crippen molar-refractivity contribution in [2.45, 2.75) is 45.2 Å². The van der Waals surface area contributed by atoms with Crippen LogP contribution in [0.4, 0.5) is 11.4 Å². The fraction of sp³-hybridized carbons (Fsp3) is 0.417. The number of hydrogen-bond acceptors (Lipinski definition) is 6. The van der Waals surface area contributed by atoms with Crippen LogP contribution in [0.5, 0.6) is 0 Å². The van der Waals surface area contributed by atoms with Crippen molar-refractivity contribution >= 4 is 21.4 Å². The molecule has 0 saturated carbocycles. The van der Waals surface area contributed by atoms with Crippen LogP contribution in [0.15, 0.2) is 36.4 Å². The Morgan fingerprint density at radius 3 is 2.76 bits per heavy atom. The molecule has 0 spiro atoms. The molecule has 0 aliphatic carbocycles. The molecule has 3 N–H and O–H groups in total. The maximum atomic E-state index is 12.1. The molecule has 0 radical (unpaired) electrons. The number of H-pyrrole nitrogens is 1. The minimum Gasteiger partial charge on any atom is -0.367 e. The SMILES string of the molecule is CC1CCCCN1c1ccc(-c2nc(-c3ccc4c(c3)CNCC4)n[nH]2)cc1NS(C)(=O)=O. The van der Waals surface area contributed by atoms with Gasteiger partial charge in [0.1, 0.15) is 0 Å². The zero-order chi connectivity index (χ0) is 23.0. The molecule has 5 rings (SSSR count). The van der Waals surface area contributed by atoms with E-state index in [4.69, 9.17) is 4.98 Å². The van der Waals surface area contributed by atoms with E-state index in [2.05, 4.69) is 50.3 Å². The topological polar surface area (TPSA) is 103 Å². The van der Waals surface area contributed by atoms with Crippen LogP contribution in [0.2, 0.25) is 0 Å². The predicted molar refractivity (Wildman–Crippen MR) is 132 cm³/mol. The Labute approximate surface area is 194 Å². The molecular formula is C24H30N6O2S. The van der Waals surface area contributed by atoms with Crippen molar-refractivity contribution in [3.05, 3.63) is 47.5 Å². The molecule has 2 aromatic carbocycles. The van der Waals surface area contributed by atoms with E-state index in [-0.39, 0.29) is 0 Å². The number of sulfonamides is 1. The van der Waals surface area contributed by atoms with Crippen LogP contribution >= 0.6 is 0 Å². The summed E-state index contributed by atoms with van der Waals surface area (Å²) in [6.07, 6.45) is 5.62. The highest BCUT2D eigenvalue weighted by atomic mass is 32.2. The number of nitrogens with one attached hydrogen (secondary N) is 3. The van der Waals surface area contributed by atoms with Crippen molar-refractivity contribution in [3.63, 3.8) is 0 Å². The summed E-state index contributed by atoms with van der Waals surface area (Å²) in [6, 6.07) is 12.5. The lowest BCUT2D eigenvalue weighted by Gasteiger charge is -2.36. The van der Waals surface area contributed by atoms with E-state index in [0.29, 0.717) is 23.4 Å². The van der Waals surface area contributed by atoms with Crippen molar-refractivity contribution in [2.75, 3.05) is 29.0 Å². The number of fused-ring (bicyclic) bond motifs is 1. The molecule has 3 aromatic rings. The van der Waals surface area contributed by atoms with Gasteiger partial charge in [-0.25, -0.2) is 13.4 Å². The van der Waals surface area contributed by atoms with Crippen molar-refractivity contribution < 1.29 is 8.42 Å². The van der Waals surface area contributed by atoms with E-state index in [1.165, 1.54) is 23.8 Å². The third-order valence-corrected chi connectivity index (χ3v) is 7.10. The van der Waals surface area contributed by atoms with Gasteiger partial charge in [0.25, 0.3) is 0 Å². The average molecular weight is 467 g/mol. The number of aromatic nitrogens is 3. The van der Waals surface area contributed by atoms with Crippen LogP contribution in [0.25, 0.3) is 22.8 Å². The first-order valence-electron chi connectivity index (χ1n) is 11.5. The van der Waals surface area contributed by atoms with E-state index >= 15 is 0 Å². The van der Waals surface area contributed by atoms with Crippen molar-refractivity contribution in [1.29, 1.82) is 0 Å². The molecule has 1 aromatic heterocycles. The largest absolute Gasteiger partial charge is 0.367 e. The monoisotopic (exact) mass is 466 g/mol. The van der Waals surface area contributed by atoms with Crippen LogP contribution < -0.4 is 14.9 Å². The predicted octanol–water partition coefficient (Wildman–Crippen LogP) is 3.53. The number of aromatic amines is 1. The number of hydrogen-bond donors (Lipinski definition) is 3. The van der Waals surface area contributed by atoms with Crippen LogP contribution in [-0.2, 0) is 23.0 Å². The Kier molecular flexibility index (Phi) is 5.84. The first-order chi connectivity index (χ1) is 15.9. The molecule has 8 nitrogen and oxygen atoms in total. The molecule has 1 saturated heterocycles. The molecule has 3 heterocycles. The quantitative estimate of drug-likeness (QED) is 0.532. The molecule has 9 heteroatoms. The summed E-state index contributed by atoms with van der Waals surface area (Å²) in [5.41, 5.74) is 5.87. The van der Waals surface area contributed by atoms with Gasteiger partial charge in [-0.3, -0.25) is 9.82 Å². The van der Waals surface area contributed by atoms with Crippen molar-refractivity contribution in [1.82, 2.24) is 20.5 Å². The maximum absolute atomic E-state index is 12.1. The molecule has 2 aliphatic heterocycles. The first kappa shape index (κ1) is 21.9. The second-order valence-electron chi connectivity index (χ2n) is 9.06. The second-order valence-corrected chi connectivity index (χ2v) is 10.8. The highest BCUT2D eigenvalue weighted by Crippen LogP contribution is 2.35. The smallest absolute Gasteiger partial charge is 0.229 e. The lowest BCUT2D eigenvalue weighted by molar-refractivity contribution is 0.485. The van der Waals surface area contributed by atoms with Crippen molar-refractivity contribution in [3.8, 4) is 22.8 Å². The lowest BCUT2D eigenvalue weighted by Crippen LogP contribution is -2.38. The Balaban J connectivity index is 1.48. The van der Waals surface area contributed by atoms with Gasteiger partial charge in [-0.1, -0.05) is 12.1 Å². The maximum Gasteiger partial charge on any atom is 0.229 e. The van der Waals surface area contributed by atoms with Gasteiger partial charge in [-0.15, -0.1) is 0 Å². The van der Waals surface area contributed by atoms with E-state index in [0.717, 1.165) is 55.7 Å². The zero-order valence-corrected chi connectivity index (χ0v) is 19.9. The summed E-state index contributed by atoms with van der Waals surface area (Å²) in [6.45, 7) is 4.97. The molecule has 1 unspecified atom stereocenters. The average Bonchev–Trinajstić information content (AvgIpc) is 3.29. The van der Waals surface area contributed by atoms with Gasteiger partial charge in [0.2, 0.25) is 10.0 Å². The zero-order valence-electron chi connectivity index (χ0n) is 19.1. The molecule has 174 valence electrons. The summed E-state index contributed by atoms with van der Waals surface area (Å²) in [7, 11) is -3.43. The fourth-order valence-electron chi connectivity index (χ4n) is 4.81. The van der Waals surface area contributed by atoms with E-state index in [9.17, 15) is 8.42 Å². The van der Waals surface area contributed by atoms with Crippen LogP contribution in [-0.4, -0.2) is 49.0 Å². The number of piperidine rings is 1. The molecule has 1 atom stereocenters. The Hall–Kier alpha value is -2.91. The molecule has 33 heavy (non-hydrogen) atoms. The van der Waals surface area contributed by atoms with Crippen LogP contribution in [0, 0.1) is 0 Å². The highest BCUT2D eigenvalue weighted by molar-refractivity contribution is 7.92. The summed E-state index contributed by atoms with van der Waals surface area (Å²) >= 11 is 0. The highest BCUT2D eigenvalue weighted by Gasteiger charge is 2.23. The van der Waals surface area contributed by atoms with Gasteiger partial charge in [0.15, 0.2) is 11.6 Å². The first-order valence-corrected chi connectivity index (χ1v) is 13.4. The normalized spacial score (nSPS) is 18.7. The van der Waals surface area contributed by atoms with Crippen molar-refractivity contribution in [2.24, 2.45) is 0 Å². The summed E-state index contributed by atoms with van der Waals surface area (Å²) in [5, 5.41) is 10.9. The number of anilines is 2. The third-order valence-electron chi connectivity index (χ3n) is 6.51. The second kappa shape index (κ2) is 8.79. The van der Waals surface area contributed by atoms with Crippen LogP contribution in [0.3, 0.4) is 0 Å². The fourth-order valence-corrected chi connectivity index (χ4v) is 5.37. The molecule has 0 bridgehead atoms. The van der Waals surface area contributed by atoms with Crippen LogP contribution in [0.1, 0.15) is 37.3 Å². The van der Waals surface area contributed by atoms with Gasteiger partial charge in [-0.05, 0) is 74.5 Å². The lowest BCUT2D eigenvalue weighted by atomic mass is 9.98. The standard InChI is InChI=1S/C24H30N6O2S/c1-16-5-3-4-12-30(16)22-9-8-19(14-21(22)29-33(2,31)32)24-26-23(27-28-24)18-7-6-17-10-11-25-15-20(17)13-18/h6-9,13-14,16,25,29H,3-5,10-12,15H2,1-2H3,(H,26,27,28). The summed E-state index contributed by atoms with van der Waals surface area (Å²) < 4.78 is 26.9. The van der Waals surface area contributed by atoms with Gasteiger partial charge >= 0.3 is 0 Å². The summed E-state index contributed by atoms with van der Waals surface area (Å²) in [5.74, 6) is 1.24. The number of benzene rings is 2. The Bertz CT molecular complexity index is 1270. The van der Waals surface area contributed by atoms with Gasteiger partial charge in [0.05, 0.1) is 17.6 Å². The molecule has 2 aliphatic rings. The number of nitrogens with zero attached hydrogens (tertiary/aromatic N) is 3. The Morgan fingerprint density at radius 1 is 1.09 bits per heavy atom. The van der Waals surface area contributed by atoms with E-state index in [1.807, 2.05) is 18.2 Å². The van der Waals surface area contributed by atoms with Gasteiger partial charge < -0.3 is 10.2 Å². The summed E-state index contributed by atoms with van der Waals surface area (Å²) in [4.78, 5) is 7.00. The van der Waals surface area contributed by atoms with Gasteiger partial charge in [-0.2, -0.15) is 5.10 Å². The van der Waals surface area contributed by atoms with E-state index in [1.54, 1.807) is 0 Å².